The highest BCUT2D eigenvalue weighted by Gasteiger charge is 2.48. The lowest BCUT2D eigenvalue weighted by Crippen LogP contribution is -2.56. The molecule has 8 nitrogen and oxygen atoms in total. The van der Waals surface area contributed by atoms with Gasteiger partial charge >= 0.3 is 0 Å². The van der Waals surface area contributed by atoms with Crippen LogP contribution >= 0.6 is 11.6 Å². The number of hydrogen-bond donors (Lipinski definition) is 1. The average molecular weight is 582 g/mol. The van der Waals surface area contributed by atoms with Crippen molar-refractivity contribution in [3.8, 4) is 6.07 Å². The number of nitriles is 1. The van der Waals surface area contributed by atoms with Crippen LogP contribution in [0.25, 0.3) is 0 Å². The minimum atomic E-state index is -2.91. The molecule has 1 N–H and O–H groups in total. The molecular weight excluding hydrogens is 559 g/mol. The fourth-order valence-corrected chi connectivity index (χ4v) is 5.39. The molecule has 41 heavy (non-hydrogen) atoms. The zero-order valence-corrected chi connectivity index (χ0v) is 22.2. The molecule has 2 aromatic carbocycles. The van der Waals surface area contributed by atoms with Gasteiger partial charge in [0.15, 0.2) is 0 Å². The van der Waals surface area contributed by atoms with E-state index in [1.165, 1.54) is 42.6 Å². The van der Waals surface area contributed by atoms with Gasteiger partial charge in [-0.2, -0.15) is 5.26 Å². The molecule has 0 radical (unpaired) electrons. The number of hydrogen-bond acceptors (Lipinski definition) is 5. The lowest BCUT2D eigenvalue weighted by atomic mass is 9.87. The molecule has 2 heterocycles. The maximum atomic E-state index is 14.5. The van der Waals surface area contributed by atoms with Crippen molar-refractivity contribution in [2.75, 3.05) is 9.80 Å². The first-order chi connectivity index (χ1) is 19.6. The Bertz CT molecular complexity index is 1550. The van der Waals surface area contributed by atoms with Crippen molar-refractivity contribution in [1.29, 1.82) is 5.26 Å². The van der Waals surface area contributed by atoms with E-state index in [1.807, 2.05) is 6.07 Å². The fourth-order valence-electron chi connectivity index (χ4n) is 5.15. The van der Waals surface area contributed by atoms with Gasteiger partial charge in [0, 0.05) is 47.8 Å². The lowest BCUT2D eigenvalue weighted by Gasteiger charge is -2.39. The van der Waals surface area contributed by atoms with E-state index in [4.69, 9.17) is 11.6 Å². The number of halogens is 4. The van der Waals surface area contributed by atoms with Crippen LogP contribution in [0.1, 0.15) is 42.9 Å². The molecule has 5 rings (SSSR count). The second kappa shape index (κ2) is 11.2. The normalized spacial score (nSPS) is 18.8. The Balaban J connectivity index is 1.61. The average Bonchev–Trinajstić information content (AvgIpc) is 3.32. The number of aromatic nitrogens is 1. The summed E-state index contributed by atoms with van der Waals surface area (Å²) in [5.74, 6) is -5.51. The number of nitrogens with zero attached hydrogens (tertiary/aromatic N) is 4. The maximum Gasteiger partial charge on any atom is 0.252 e. The Morgan fingerprint density at radius 3 is 2.59 bits per heavy atom. The molecule has 1 aromatic heterocycles. The third-order valence-corrected chi connectivity index (χ3v) is 7.43. The van der Waals surface area contributed by atoms with Crippen LogP contribution in [0.15, 0.2) is 66.9 Å². The van der Waals surface area contributed by atoms with Crippen LogP contribution in [0.5, 0.6) is 0 Å². The molecule has 0 unspecified atom stereocenters. The van der Waals surface area contributed by atoms with Crippen molar-refractivity contribution in [3.05, 3.63) is 88.8 Å². The van der Waals surface area contributed by atoms with E-state index in [0.29, 0.717) is 0 Å². The molecule has 1 saturated carbocycles. The first kappa shape index (κ1) is 28.1. The molecular formula is C29H23ClF3N5O3. The van der Waals surface area contributed by atoms with Crippen molar-refractivity contribution in [2.24, 2.45) is 0 Å². The van der Waals surface area contributed by atoms with Gasteiger partial charge < -0.3 is 5.32 Å². The van der Waals surface area contributed by atoms with Crippen LogP contribution < -0.4 is 15.1 Å². The standard InChI is InChI=1S/C29H23ClF3N5O3/c30-22-7-2-1-6-21(22)26(27(40)36-19-14-29(32,33)15-19)37(20-5-3-4-18(31)13-20)28(41)23-8-9-25(39)38(23)24-12-17(16-34)10-11-35-24/h1-7,10-13,19,23,26H,8-9,14-15H2,(H,36,40)/t23-,26-/m0/s1. The number of benzene rings is 2. The third kappa shape index (κ3) is 5.74. The monoisotopic (exact) mass is 581 g/mol. The predicted molar refractivity (Wildman–Crippen MR) is 144 cm³/mol. The van der Waals surface area contributed by atoms with Gasteiger partial charge in [-0.3, -0.25) is 24.2 Å². The highest BCUT2D eigenvalue weighted by atomic mass is 35.5. The van der Waals surface area contributed by atoms with Gasteiger partial charge in [-0.15, -0.1) is 0 Å². The molecule has 3 aromatic rings. The second-order valence-electron chi connectivity index (χ2n) is 9.91. The topological polar surface area (TPSA) is 106 Å². The summed E-state index contributed by atoms with van der Waals surface area (Å²) in [4.78, 5) is 47.6. The molecule has 2 aliphatic rings. The molecule has 12 heteroatoms. The molecule has 2 atom stereocenters. The first-order valence-electron chi connectivity index (χ1n) is 12.8. The number of rotatable bonds is 7. The van der Waals surface area contributed by atoms with Crippen LogP contribution in [0, 0.1) is 17.1 Å². The molecule has 0 bridgehead atoms. The summed E-state index contributed by atoms with van der Waals surface area (Å²) in [5, 5.41) is 12.0. The number of pyridine rings is 1. The van der Waals surface area contributed by atoms with Crippen LogP contribution in [-0.2, 0) is 14.4 Å². The highest BCUT2D eigenvalue weighted by Crippen LogP contribution is 2.39. The van der Waals surface area contributed by atoms with E-state index in [2.05, 4.69) is 10.3 Å². The number of carbonyl (C=O) groups excluding carboxylic acids is 3. The summed E-state index contributed by atoms with van der Waals surface area (Å²) < 4.78 is 41.7. The molecule has 0 spiro atoms. The third-order valence-electron chi connectivity index (χ3n) is 7.09. The summed E-state index contributed by atoms with van der Waals surface area (Å²) in [5.41, 5.74) is 0.386. The Morgan fingerprint density at radius 1 is 1.15 bits per heavy atom. The van der Waals surface area contributed by atoms with Crippen LogP contribution in [0.4, 0.5) is 24.7 Å². The summed E-state index contributed by atoms with van der Waals surface area (Å²) in [7, 11) is 0. The summed E-state index contributed by atoms with van der Waals surface area (Å²) in [6.07, 6.45) is 0.237. The number of carbonyl (C=O) groups is 3. The van der Waals surface area contributed by atoms with Crippen molar-refractivity contribution in [1.82, 2.24) is 10.3 Å². The van der Waals surface area contributed by atoms with E-state index in [0.717, 1.165) is 21.9 Å². The molecule has 1 aliphatic heterocycles. The van der Waals surface area contributed by atoms with Gasteiger partial charge in [0.25, 0.3) is 11.8 Å². The van der Waals surface area contributed by atoms with Gasteiger partial charge in [0.2, 0.25) is 11.8 Å². The van der Waals surface area contributed by atoms with E-state index in [1.54, 1.807) is 12.1 Å². The SMILES string of the molecule is N#Cc1ccnc(N2C(=O)CC[C@H]2C(=O)N(c2cccc(F)c2)[C@H](C(=O)NC2CC(F)(F)C2)c2ccccc2Cl)c1. The smallest absolute Gasteiger partial charge is 0.252 e. The zero-order chi connectivity index (χ0) is 29.3. The van der Waals surface area contributed by atoms with Crippen molar-refractivity contribution < 1.29 is 27.6 Å². The summed E-state index contributed by atoms with van der Waals surface area (Å²) in [6.45, 7) is 0. The Kier molecular flexibility index (Phi) is 7.69. The second-order valence-corrected chi connectivity index (χ2v) is 10.3. The highest BCUT2D eigenvalue weighted by molar-refractivity contribution is 6.31. The van der Waals surface area contributed by atoms with Crippen molar-refractivity contribution in [3.63, 3.8) is 0 Å². The zero-order valence-electron chi connectivity index (χ0n) is 21.4. The van der Waals surface area contributed by atoms with Gasteiger partial charge in [0.05, 0.1) is 11.6 Å². The molecule has 3 amide bonds. The quantitative estimate of drug-likeness (QED) is 0.426. The first-order valence-corrected chi connectivity index (χ1v) is 13.2. The van der Waals surface area contributed by atoms with E-state index < -0.39 is 60.4 Å². The summed E-state index contributed by atoms with van der Waals surface area (Å²) >= 11 is 6.48. The predicted octanol–water partition coefficient (Wildman–Crippen LogP) is 4.93. The van der Waals surface area contributed by atoms with E-state index in [9.17, 15) is 32.8 Å². The van der Waals surface area contributed by atoms with Gasteiger partial charge in [-0.05, 0) is 42.8 Å². The van der Waals surface area contributed by atoms with Gasteiger partial charge in [0.1, 0.15) is 23.7 Å². The van der Waals surface area contributed by atoms with E-state index >= 15 is 0 Å². The van der Waals surface area contributed by atoms with E-state index in [-0.39, 0.29) is 40.5 Å². The molecule has 1 saturated heterocycles. The molecule has 210 valence electrons. The number of nitrogens with one attached hydrogen (secondary N) is 1. The minimum absolute atomic E-state index is 0.00737. The van der Waals surface area contributed by atoms with Gasteiger partial charge in [-0.1, -0.05) is 35.9 Å². The fraction of sp³-hybridized carbons (Fsp3) is 0.276. The molecule has 1 aliphatic carbocycles. The lowest BCUT2D eigenvalue weighted by molar-refractivity contribution is -0.133. The number of anilines is 2. The number of alkyl halides is 2. The van der Waals surface area contributed by atoms with Crippen molar-refractivity contribution in [2.45, 2.75) is 49.7 Å². The van der Waals surface area contributed by atoms with Gasteiger partial charge in [-0.25, -0.2) is 18.2 Å². The van der Waals surface area contributed by atoms with Crippen molar-refractivity contribution >= 4 is 40.8 Å². The largest absolute Gasteiger partial charge is 0.351 e. The Hall–Kier alpha value is -4.43. The summed E-state index contributed by atoms with van der Waals surface area (Å²) in [6, 6.07) is 12.5. The van der Waals surface area contributed by atoms with Crippen LogP contribution in [0.3, 0.4) is 0 Å². The Morgan fingerprint density at radius 2 is 1.90 bits per heavy atom. The number of amides is 3. The van der Waals surface area contributed by atoms with Crippen LogP contribution in [0.2, 0.25) is 5.02 Å². The Labute approximate surface area is 238 Å². The maximum absolute atomic E-state index is 14.5. The van der Waals surface area contributed by atoms with Crippen LogP contribution in [-0.4, -0.2) is 40.7 Å². The minimum Gasteiger partial charge on any atom is -0.351 e. The molecule has 2 fully saturated rings.